The lowest BCUT2D eigenvalue weighted by atomic mass is 9.92. The zero-order chi connectivity index (χ0) is 24.4. The van der Waals surface area contributed by atoms with E-state index in [0.29, 0.717) is 13.1 Å². The van der Waals surface area contributed by atoms with Crippen LogP contribution < -0.4 is 19.5 Å². The summed E-state index contributed by atoms with van der Waals surface area (Å²) in [4.78, 5) is 19.0. The molecule has 1 aliphatic heterocycles. The molecule has 7 heteroatoms. The van der Waals surface area contributed by atoms with Gasteiger partial charge in [-0.15, -0.1) is 0 Å². The van der Waals surface area contributed by atoms with E-state index in [2.05, 4.69) is 16.4 Å². The highest BCUT2D eigenvalue weighted by atomic mass is 16.5. The van der Waals surface area contributed by atoms with Crippen molar-refractivity contribution in [2.75, 3.05) is 27.9 Å². The molecule has 1 aromatic heterocycles. The highest BCUT2D eigenvalue weighted by Gasteiger charge is 2.34. The van der Waals surface area contributed by atoms with E-state index >= 15 is 0 Å². The molecule has 1 atom stereocenters. The summed E-state index contributed by atoms with van der Waals surface area (Å²) >= 11 is 0. The number of nitrogens with one attached hydrogen (secondary N) is 2. The van der Waals surface area contributed by atoms with Crippen LogP contribution in [-0.2, 0) is 13.0 Å². The van der Waals surface area contributed by atoms with Gasteiger partial charge in [0, 0.05) is 29.7 Å². The van der Waals surface area contributed by atoms with Gasteiger partial charge in [0.25, 0.3) is 0 Å². The molecule has 5 rings (SSSR count). The van der Waals surface area contributed by atoms with Gasteiger partial charge in [-0.2, -0.15) is 0 Å². The Morgan fingerprint density at radius 1 is 0.943 bits per heavy atom. The molecule has 35 heavy (non-hydrogen) atoms. The molecule has 0 saturated carbocycles. The fraction of sp³-hybridized carbons (Fsp3) is 0.250. The topological polar surface area (TPSA) is 75.8 Å². The molecule has 0 radical (unpaired) electrons. The number of fused-ring (bicyclic) bond motifs is 3. The maximum Gasteiger partial charge on any atom is 0.318 e. The number of benzene rings is 3. The molecule has 0 bridgehead atoms. The molecule has 1 aliphatic rings. The second-order valence-corrected chi connectivity index (χ2v) is 8.56. The number of rotatable bonds is 6. The Kier molecular flexibility index (Phi) is 6.23. The van der Waals surface area contributed by atoms with Gasteiger partial charge in [0.1, 0.15) is 17.2 Å². The van der Waals surface area contributed by atoms with Gasteiger partial charge in [0.2, 0.25) is 0 Å². The van der Waals surface area contributed by atoms with Crippen LogP contribution in [0.15, 0.2) is 66.7 Å². The normalized spacial score (nSPS) is 14.9. The van der Waals surface area contributed by atoms with Gasteiger partial charge in [-0.3, -0.25) is 0 Å². The molecule has 0 unspecified atom stereocenters. The predicted octanol–water partition coefficient (Wildman–Crippen LogP) is 5.05. The number of amides is 2. The zero-order valence-corrected chi connectivity index (χ0v) is 20.1. The number of hydrogen-bond donors (Lipinski definition) is 2. The number of nitrogens with zero attached hydrogens (tertiary/aromatic N) is 1. The first-order valence-electron chi connectivity index (χ1n) is 11.6. The minimum absolute atomic E-state index is 0.115. The Labute approximate surface area is 204 Å². The molecule has 7 nitrogen and oxygen atoms in total. The quantitative estimate of drug-likeness (QED) is 0.413. The van der Waals surface area contributed by atoms with Crippen LogP contribution in [0.5, 0.6) is 17.2 Å². The average molecular weight is 472 g/mol. The highest BCUT2D eigenvalue weighted by molar-refractivity contribution is 5.87. The number of hydrogen-bond acceptors (Lipinski definition) is 4. The van der Waals surface area contributed by atoms with Crippen LogP contribution >= 0.6 is 0 Å². The summed E-state index contributed by atoms with van der Waals surface area (Å²) in [7, 11) is 4.96. The Balaban J connectivity index is 1.49. The molecule has 0 saturated heterocycles. The molecule has 4 aromatic rings. The number of urea groups is 1. The van der Waals surface area contributed by atoms with Crippen molar-refractivity contribution in [1.29, 1.82) is 0 Å². The molecule has 0 spiro atoms. The van der Waals surface area contributed by atoms with Crippen LogP contribution in [0, 0.1) is 0 Å². The van der Waals surface area contributed by atoms with Crippen molar-refractivity contribution in [2.24, 2.45) is 0 Å². The lowest BCUT2D eigenvalue weighted by molar-refractivity contribution is 0.179. The van der Waals surface area contributed by atoms with E-state index in [-0.39, 0.29) is 12.1 Å². The third-order valence-electron chi connectivity index (χ3n) is 6.60. The first-order chi connectivity index (χ1) is 17.1. The molecule has 2 heterocycles. The van der Waals surface area contributed by atoms with Crippen LogP contribution in [-0.4, -0.2) is 43.8 Å². The standard InChI is InChI=1S/C28H29N3O4/c1-33-20-9-7-19(8-10-20)27-26-23(24-16-22(35-3)11-12-25(24)30-26)13-14-31(27)28(32)29-17-18-5-4-6-21(15-18)34-2/h4-12,15-16,27,30H,13-14,17H2,1-3H3,(H,29,32)/t27-/m0/s1. The molecular formula is C28H29N3O4. The van der Waals surface area contributed by atoms with E-state index in [4.69, 9.17) is 14.2 Å². The maximum absolute atomic E-state index is 13.5. The summed E-state index contributed by atoms with van der Waals surface area (Å²) < 4.78 is 16.1. The van der Waals surface area contributed by atoms with Gasteiger partial charge in [-0.1, -0.05) is 24.3 Å². The lowest BCUT2D eigenvalue weighted by Gasteiger charge is -2.36. The third-order valence-corrected chi connectivity index (χ3v) is 6.60. The van der Waals surface area contributed by atoms with Crippen LogP contribution in [0.25, 0.3) is 10.9 Å². The second kappa shape index (κ2) is 9.62. The maximum atomic E-state index is 13.5. The summed E-state index contributed by atoms with van der Waals surface area (Å²) in [6.07, 6.45) is 0.752. The van der Waals surface area contributed by atoms with Crippen molar-refractivity contribution in [3.63, 3.8) is 0 Å². The van der Waals surface area contributed by atoms with Gasteiger partial charge < -0.3 is 29.4 Å². The van der Waals surface area contributed by atoms with Crippen molar-refractivity contribution in [2.45, 2.75) is 19.0 Å². The summed E-state index contributed by atoms with van der Waals surface area (Å²) in [6, 6.07) is 21.3. The molecule has 0 aliphatic carbocycles. The fourth-order valence-electron chi connectivity index (χ4n) is 4.81. The van der Waals surface area contributed by atoms with Crippen LogP contribution in [0.2, 0.25) is 0 Å². The van der Waals surface area contributed by atoms with E-state index in [1.165, 1.54) is 5.56 Å². The number of H-pyrrole nitrogens is 1. The predicted molar refractivity (Wildman–Crippen MR) is 135 cm³/mol. The van der Waals surface area contributed by atoms with E-state index in [0.717, 1.165) is 51.4 Å². The molecular weight excluding hydrogens is 442 g/mol. The van der Waals surface area contributed by atoms with Gasteiger partial charge in [-0.05, 0) is 65.6 Å². The minimum atomic E-state index is -0.256. The zero-order valence-electron chi connectivity index (χ0n) is 20.1. The van der Waals surface area contributed by atoms with E-state index in [9.17, 15) is 4.79 Å². The minimum Gasteiger partial charge on any atom is -0.497 e. The molecule has 0 fully saturated rings. The van der Waals surface area contributed by atoms with E-state index < -0.39 is 0 Å². The monoisotopic (exact) mass is 471 g/mol. The number of aromatic nitrogens is 1. The smallest absolute Gasteiger partial charge is 0.318 e. The SMILES string of the molecule is COc1ccc([C@H]2c3[nH]c4ccc(OC)cc4c3CCN2C(=O)NCc2cccc(OC)c2)cc1. The first kappa shape index (κ1) is 22.7. The second-order valence-electron chi connectivity index (χ2n) is 8.56. The van der Waals surface area contributed by atoms with Gasteiger partial charge in [0.15, 0.2) is 0 Å². The van der Waals surface area contributed by atoms with Crippen molar-refractivity contribution in [3.05, 3.63) is 89.1 Å². The summed E-state index contributed by atoms with van der Waals surface area (Å²) in [5, 5.41) is 4.23. The van der Waals surface area contributed by atoms with Crippen molar-refractivity contribution in [3.8, 4) is 17.2 Å². The number of methoxy groups -OCH3 is 3. The molecule has 2 N–H and O–H groups in total. The van der Waals surface area contributed by atoms with Gasteiger partial charge in [-0.25, -0.2) is 4.79 Å². The van der Waals surface area contributed by atoms with E-state index in [1.54, 1.807) is 21.3 Å². The Hall–Kier alpha value is -4.13. The summed E-state index contributed by atoms with van der Waals surface area (Å²) in [5.41, 5.74) is 5.28. The van der Waals surface area contributed by atoms with Crippen LogP contribution in [0.1, 0.15) is 28.4 Å². The third kappa shape index (κ3) is 4.37. The Morgan fingerprint density at radius 3 is 2.40 bits per heavy atom. The van der Waals surface area contributed by atoms with Crippen molar-refractivity contribution < 1.29 is 19.0 Å². The summed E-state index contributed by atoms with van der Waals surface area (Å²) in [6.45, 7) is 1.01. The van der Waals surface area contributed by atoms with Crippen molar-refractivity contribution >= 4 is 16.9 Å². The summed E-state index contributed by atoms with van der Waals surface area (Å²) in [5.74, 6) is 2.36. The molecule has 180 valence electrons. The average Bonchev–Trinajstić information content (AvgIpc) is 3.29. The number of carbonyl (C=O) groups is 1. The van der Waals surface area contributed by atoms with Gasteiger partial charge in [0.05, 0.1) is 27.4 Å². The lowest BCUT2D eigenvalue weighted by Crippen LogP contribution is -2.45. The van der Waals surface area contributed by atoms with Crippen LogP contribution in [0.3, 0.4) is 0 Å². The first-order valence-corrected chi connectivity index (χ1v) is 11.6. The Bertz CT molecular complexity index is 1350. The van der Waals surface area contributed by atoms with Crippen molar-refractivity contribution in [1.82, 2.24) is 15.2 Å². The number of ether oxygens (including phenoxy) is 3. The fourth-order valence-corrected chi connectivity index (χ4v) is 4.81. The largest absolute Gasteiger partial charge is 0.497 e. The highest BCUT2D eigenvalue weighted by Crippen LogP contribution is 2.39. The van der Waals surface area contributed by atoms with Gasteiger partial charge >= 0.3 is 6.03 Å². The molecule has 3 aromatic carbocycles. The molecule has 2 amide bonds. The Morgan fingerprint density at radius 2 is 1.66 bits per heavy atom. The number of carbonyl (C=O) groups excluding carboxylic acids is 1. The number of aromatic amines is 1. The van der Waals surface area contributed by atoms with Crippen LogP contribution in [0.4, 0.5) is 4.79 Å². The van der Waals surface area contributed by atoms with E-state index in [1.807, 2.05) is 65.6 Å².